The Morgan fingerprint density at radius 1 is 1.47 bits per heavy atom. The van der Waals surface area contributed by atoms with Gasteiger partial charge in [-0.15, -0.1) is 0 Å². The first-order valence-corrected chi connectivity index (χ1v) is 4.74. The smallest absolute Gasteiger partial charge is 0.247 e. The number of aromatic nitrogens is 3. The van der Waals surface area contributed by atoms with Gasteiger partial charge in [0.1, 0.15) is 5.82 Å². The molecule has 4 N–H and O–H groups in total. The van der Waals surface area contributed by atoms with Crippen molar-refractivity contribution in [2.24, 2.45) is 0 Å². The molecule has 0 bridgehead atoms. The molecular formula is C10H12N4O. The molecule has 2 aromatic rings. The minimum atomic E-state index is -0.121. The van der Waals surface area contributed by atoms with Crippen molar-refractivity contribution in [3.63, 3.8) is 0 Å². The molecule has 5 nitrogen and oxygen atoms in total. The fraction of sp³-hybridized carbons (Fsp3) is 0.200. The highest BCUT2D eigenvalue weighted by atomic mass is 16.1. The molecule has 2 heterocycles. The molecule has 15 heavy (non-hydrogen) atoms. The van der Waals surface area contributed by atoms with Crippen molar-refractivity contribution in [3.05, 3.63) is 34.2 Å². The van der Waals surface area contributed by atoms with Crippen molar-refractivity contribution in [1.82, 2.24) is 15.2 Å². The predicted octanol–water partition coefficient (Wildman–Crippen LogP) is 0.910. The Morgan fingerprint density at radius 3 is 2.87 bits per heavy atom. The third-order valence-electron chi connectivity index (χ3n) is 2.33. The maximum absolute atomic E-state index is 10.9. The van der Waals surface area contributed by atoms with Crippen LogP contribution >= 0.6 is 0 Å². The van der Waals surface area contributed by atoms with Crippen LogP contribution in [0.2, 0.25) is 0 Å². The van der Waals surface area contributed by atoms with Crippen LogP contribution in [-0.4, -0.2) is 15.2 Å². The van der Waals surface area contributed by atoms with Crippen LogP contribution in [0, 0.1) is 0 Å². The van der Waals surface area contributed by atoms with Gasteiger partial charge in [-0.3, -0.25) is 9.89 Å². The number of nitrogens with two attached hydrogens (primary N) is 1. The van der Waals surface area contributed by atoms with Crippen LogP contribution in [0.3, 0.4) is 0 Å². The van der Waals surface area contributed by atoms with Crippen LogP contribution in [0.1, 0.15) is 12.5 Å². The minimum absolute atomic E-state index is 0.121. The highest BCUT2D eigenvalue weighted by molar-refractivity contribution is 5.67. The first kappa shape index (κ1) is 9.51. The summed E-state index contributed by atoms with van der Waals surface area (Å²) in [6.45, 7) is 2.01. The third-order valence-corrected chi connectivity index (χ3v) is 2.33. The van der Waals surface area contributed by atoms with Crippen molar-refractivity contribution in [2.75, 3.05) is 5.73 Å². The second-order valence-corrected chi connectivity index (χ2v) is 3.26. The molecule has 0 amide bonds. The van der Waals surface area contributed by atoms with E-state index in [0.717, 1.165) is 23.2 Å². The lowest BCUT2D eigenvalue weighted by Crippen LogP contribution is -2.01. The zero-order valence-electron chi connectivity index (χ0n) is 8.37. The lowest BCUT2D eigenvalue weighted by Gasteiger charge is -2.00. The number of hydrogen-bond acceptors (Lipinski definition) is 3. The molecule has 2 rings (SSSR count). The monoisotopic (exact) mass is 204 g/mol. The van der Waals surface area contributed by atoms with E-state index in [0.29, 0.717) is 5.82 Å². The molecule has 0 fully saturated rings. The van der Waals surface area contributed by atoms with E-state index in [-0.39, 0.29) is 5.56 Å². The number of aromatic amines is 2. The van der Waals surface area contributed by atoms with Crippen LogP contribution in [0.4, 0.5) is 5.82 Å². The van der Waals surface area contributed by atoms with E-state index in [1.54, 1.807) is 12.3 Å². The van der Waals surface area contributed by atoms with E-state index in [2.05, 4.69) is 15.2 Å². The lowest BCUT2D eigenvalue weighted by atomic mass is 10.1. The number of H-pyrrole nitrogens is 2. The van der Waals surface area contributed by atoms with Gasteiger partial charge in [0.25, 0.3) is 0 Å². The Bertz CT molecular complexity index is 506. The standard InChI is InChI=1S/C10H12N4O/c1-2-7-9(13-14-10(7)11)6-3-4-8(15)12-5-6/h3-5H,2H2,1H3,(H,12,15)(H3,11,13,14). The molecule has 0 spiro atoms. The second kappa shape index (κ2) is 3.61. The second-order valence-electron chi connectivity index (χ2n) is 3.26. The minimum Gasteiger partial charge on any atom is -0.382 e. The number of nitrogens with zero attached hydrogens (tertiary/aromatic N) is 1. The summed E-state index contributed by atoms with van der Waals surface area (Å²) in [6, 6.07) is 3.22. The molecule has 0 aromatic carbocycles. The Labute approximate surface area is 86.3 Å². The maximum Gasteiger partial charge on any atom is 0.247 e. The Morgan fingerprint density at radius 2 is 2.27 bits per heavy atom. The summed E-state index contributed by atoms with van der Waals surface area (Å²) in [6.07, 6.45) is 2.45. The molecule has 2 aromatic heterocycles. The molecular weight excluding hydrogens is 192 g/mol. The zero-order chi connectivity index (χ0) is 10.8. The third kappa shape index (κ3) is 1.63. The van der Waals surface area contributed by atoms with E-state index < -0.39 is 0 Å². The molecule has 5 heteroatoms. The molecule has 0 saturated carbocycles. The van der Waals surface area contributed by atoms with Gasteiger partial charge in [0.05, 0.1) is 5.69 Å². The van der Waals surface area contributed by atoms with Crippen LogP contribution in [0.5, 0.6) is 0 Å². The SMILES string of the molecule is CCc1c(N)n[nH]c1-c1ccc(=O)[nH]c1. The van der Waals surface area contributed by atoms with Crippen molar-refractivity contribution in [2.45, 2.75) is 13.3 Å². The molecule has 0 aliphatic rings. The number of anilines is 1. The first-order chi connectivity index (χ1) is 7.22. The van der Waals surface area contributed by atoms with Gasteiger partial charge >= 0.3 is 0 Å². The van der Waals surface area contributed by atoms with Crippen molar-refractivity contribution >= 4 is 5.82 Å². The maximum atomic E-state index is 10.9. The predicted molar refractivity (Wildman–Crippen MR) is 58.4 cm³/mol. The van der Waals surface area contributed by atoms with E-state index in [1.807, 2.05) is 6.92 Å². The van der Waals surface area contributed by atoms with Crippen molar-refractivity contribution in [3.8, 4) is 11.3 Å². The first-order valence-electron chi connectivity index (χ1n) is 4.74. The molecule has 0 aliphatic carbocycles. The molecule has 0 radical (unpaired) electrons. The number of nitrogens with one attached hydrogen (secondary N) is 2. The van der Waals surface area contributed by atoms with Crippen molar-refractivity contribution < 1.29 is 0 Å². The van der Waals surface area contributed by atoms with Crippen LogP contribution in [0.15, 0.2) is 23.1 Å². The molecule has 0 atom stereocenters. The number of hydrogen-bond donors (Lipinski definition) is 3. The summed E-state index contributed by atoms with van der Waals surface area (Å²) in [4.78, 5) is 13.5. The van der Waals surface area contributed by atoms with Crippen LogP contribution < -0.4 is 11.3 Å². The van der Waals surface area contributed by atoms with E-state index in [9.17, 15) is 4.79 Å². The summed E-state index contributed by atoms with van der Waals surface area (Å²) in [5.41, 5.74) is 8.31. The van der Waals surface area contributed by atoms with Gasteiger partial charge in [0, 0.05) is 23.4 Å². The van der Waals surface area contributed by atoms with Gasteiger partial charge in [-0.05, 0) is 12.5 Å². The van der Waals surface area contributed by atoms with Gasteiger partial charge in [-0.25, -0.2) is 0 Å². The zero-order valence-corrected chi connectivity index (χ0v) is 8.37. The average molecular weight is 204 g/mol. The molecule has 0 saturated heterocycles. The van der Waals surface area contributed by atoms with Crippen LogP contribution in [-0.2, 0) is 6.42 Å². The van der Waals surface area contributed by atoms with E-state index >= 15 is 0 Å². The van der Waals surface area contributed by atoms with E-state index in [1.165, 1.54) is 6.07 Å². The fourth-order valence-electron chi connectivity index (χ4n) is 1.54. The summed E-state index contributed by atoms with van der Waals surface area (Å²) < 4.78 is 0. The summed E-state index contributed by atoms with van der Waals surface area (Å²) in [5.74, 6) is 0.513. The quantitative estimate of drug-likeness (QED) is 0.679. The van der Waals surface area contributed by atoms with Gasteiger partial charge in [0.2, 0.25) is 5.56 Å². The van der Waals surface area contributed by atoms with Crippen molar-refractivity contribution in [1.29, 1.82) is 0 Å². The van der Waals surface area contributed by atoms with Gasteiger partial charge in [-0.1, -0.05) is 6.92 Å². The Kier molecular flexibility index (Phi) is 2.29. The summed E-state index contributed by atoms with van der Waals surface area (Å²) >= 11 is 0. The Balaban J connectivity index is 2.53. The summed E-state index contributed by atoms with van der Waals surface area (Å²) in [5, 5.41) is 6.81. The Hall–Kier alpha value is -2.04. The average Bonchev–Trinajstić information content (AvgIpc) is 2.61. The van der Waals surface area contributed by atoms with E-state index in [4.69, 9.17) is 5.73 Å². The molecule has 0 unspecified atom stereocenters. The summed E-state index contributed by atoms with van der Waals surface area (Å²) in [7, 11) is 0. The topological polar surface area (TPSA) is 87.6 Å². The van der Waals surface area contributed by atoms with Gasteiger partial charge in [0.15, 0.2) is 0 Å². The van der Waals surface area contributed by atoms with Gasteiger partial charge < -0.3 is 10.7 Å². The van der Waals surface area contributed by atoms with Crippen LogP contribution in [0.25, 0.3) is 11.3 Å². The number of rotatable bonds is 2. The van der Waals surface area contributed by atoms with Gasteiger partial charge in [-0.2, -0.15) is 5.10 Å². The molecule has 0 aliphatic heterocycles. The lowest BCUT2D eigenvalue weighted by molar-refractivity contribution is 1.10. The largest absolute Gasteiger partial charge is 0.382 e. The highest BCUT2D eigenvalue weighted by Crippen LogP contribution is 2.23. The fourth-order valence-corrected chi connectivity index (χ4v) is 1.54. The number of pyridine rings is 1. The highest BCUT2D eigenvalue weighted by Gasteiger charge is 2.10. The normalized spacial score (nSPS) is 10.5. The molecule has 78 valence electrons. The number of nitrogen functional groups attached to an aromatic ring is 1.